The molecule has 3 N–H and O–H groups in total. The molecule has 0 aliphatic rings. The molecule has 4 heteroatoms. The van der Waals surface area contributed by atoms with Gasteiger partial charge in [0.2, 0.25) is 0 Å². The number of nitrogen functional groups attached to an aromatic ring is 1. The molecule has 0 saturated carbocycles. The molecular weight excluding hydrogens is 190 g/mol. The van der Waals surface area contributed by atoms with Gasteiger partial charge in [-0.1, -0.05) is 11.6 Å². The zero-order chi connectivity index (χ0) is 10.8. The van der Waals surface area contributed by atoms with E-state index in [0.29, 0.717) is 5.82 Å². The van der Waals surface area contributed by atoms with Crippen molar-refractivity contribution in [1.29, 1.82) is 0 Å². The first-order valence-electron chi connectivity index (χ1n) is 4.66. The number of hydrogen-bond donors (Lipinski definition) is 2. The highest BCUT2D eigenvalue weighted by Gasteiger charge is 2.10. The Labute approximate surface area is 88.1 Å². The standard InChI is InChI=1S/C11H13N3O/c1-7-3-4-9(15-2)8(5-7)10-11(12)14-6-13-10/h3-6H,12H2,1-2H3,(H,13,14). The topological polar surface area (TPSA) is 63.9 Å². The minimum atomic E-state index is 0.485. The van der Waals surface area contributed by atoms with Gasteiger partial charge in [0.15, 0.2) is 0 Å². The fourth-order valence-electron chi connectivity index (χ4n) is 1.54. The fourth-order valence-corrected chi connectivity index (χ4v) is 1.54. The second-order valence-corrected chi connectivity index (χ2v) is 3.37. The number of aromatic amines is 1. The van der Waals surface area contributed by atoms with E-state index < -0.39 is 0 Å². The van der Waals surface area contributed by atoms with Crippen LogP contribution in [0.25, 0.3) is 11.3 Å². The van der Waals surface area contributed by atoms with Crippen LogP contribution in [0.2, 0.25) is 0 Å². The molecule has 0 saturated heterocycles. The van der Waals surface area contributed by atoms with Gasteiger partial charge in [0.25, 0.3) is 0 Å². The van der Waals surface area contributed by atoms with Crippen molar-refractivity contribution in [2.45, 2.75) is 6.92 Å². The Hall–Kier alpha value is -1.97. The maximum Gasteiger partial charge on any atom is 0.149 e. The Morgan fingerprint density at radius 1 is 1.40 bits per heavy atom. The van der Waals surface area contributed by atoms with E-state index in [4.69, 9.17) is 10.5 Å². The van der Waals surface area contributed by atoms with Crippen molar-refractivity contribution in [2.24, 2.45) is 0 Å². The van der Waals surface area contributed by atoms with E-state index in [2.05, 4.69) is 9.97 Å². The summed E-state index contributed by atoms with van der Waals surface area (Å²) in [6.07, 6.45) is 1.58. The normalized spacial score (nSPS) is 10.3. The molecule has 0 unspecified atom stereocenters. The number of H-pyrrole nitrogens is 1. The van der Waals surface area contributed by atoms with Crippen molar-refractivity contribution in [2.75, 3.05) is 12.8 Å². The Morgan fingerprint density at radius 3 is 2.80 bits per heavy atom. The minimum Gasteiger partial charge on any atom is -0.496 e. The molecule has 0 amide bonds. The number of hydrogen-bond acceptors (Lipinski definition) is 3. The summed E-state index contributed by atoms with van der Waals surface area (Å²) < 4.78 is 5.28. The third-order valence-electron chi connectivity index (χ3n) is 2.29. The summed E-state index contributed by atoms with van der Waals surface area (Å²) in [5, 5.41) is 0. The molecule has 2 aromatic rings. The maximum absolute atomic E-state index is 5.75. The highest BCUT2D eigenvalue weighted by Crippen LogP contribution is 2.31. The quantitative estimate of drug-likeness (QED) is 0.784. The molecule has 2 rings (SSSR count). The smallest absolute Gasteiger partial charge is 0.149 e. The number of ether oxygens (including phenoxy) is 1. The molecule has 0 spiro atoms. The van der Waals surface area contributed by atoms with Crippen LogP contribution in [0.3, 0.4) is 0 Å². The van der Waals surface area contributed by atoms with Crippen molar-refractivity contribution >= 4 is 5.82 Å². The highest BCUT2D eigenvalue weighted by atomic mass is 16.5. The third kappa shape index (κ3) is 1.66. The van der Waals surface area contributed by atoms with Crippen LogP contribution >= 0.6 is 0 Å². The summed E-state index contributed by atoms with van der Waals surface area (Å²) in [5.74, 6) is 1.27. The number of nitrogens with zero attached hydrogens (tertiary/aromatic N) is 1. The van der Waals surface area contributed by atoms with E-state index >= 15 is 0 Å². The molecule has 1 aromatic heterocycles. The summed E-state index contributed by atoms with van der Waals surface area (Å²) in [5.41, 5.74) is 8.64. The molecule has 15 heavy (non-hydrogen) atoms. The van der Waals surface area contributed by atoms with E-state index in [1.54, 1.807) is 13.4 Å². The molecule has 1 aromatic carbocycles. The first kappa shape index (κ1) is 9.58. The van der Waals surface area contributed by atoms with Gasteiger partial charge >= 0.3 is 0 Å². The highest BCUT2D eigenvalue weighted by molar-refractivity contribution is 5.75. The van der Waals surface area contributed by atoms with E-state index in [0.717, 1.165) is 22.6 Å². The molecule has 4 nitrogen and oxygen atoms in total. The van der Waals surface area contributed by atoms with Crippen molar-refractivity contribution in [3.05, 3.63) is 30.1 Å². The lowest BCUT2D eigenvalue weighted by Gasteiger charge is -2.08. The van der Waals surface area contributed by atoms with Gasteiger partial charge in [-0.2, -0.15) is 0 Å². The third-order valence-corrected chi connectivity index (χ3v) is 2.29. The molecule has 0 aliphatic heterocycles. The predicted molar refractivity (Wildman–Crippen MR) is 59.7 cm³/mol. The van der Waals surface area contributed by atoms with Gasteiger partial charge in [-0.15, -0.1) is 0 Å². The summed E-state index contributed by atoms with van der Waals surface area (Å²) >= 11 is 0. The van der Waals surface area contributed by atoms with Crippen molar-refractivity contribution in [3.63, 3.8) is 0 Å². The van der Waals surface area contributed by atoms with E-state index in [1.165, 1.54) is 0 Å². The monoisotopic (exact) mass is 203 g/mol. The van der Waals surface area contributed by atoms with Gasteiger partial charge < -0.3 is 15.5 Å². The average molecular weight is 203 g/mol. The minimum absolute atomic E-state index is 0.485. The number of nitrogens with two attached hydrogens (primary N) is 1. The molecule has 0 atom stereocenters. The van der Waals surface area contributed by atoms with Gasteiger partial charge in [-0.25, -0.2) is 4.98 Å². The van der Waals surface area contributed by atoms with Crippen LogP contribution in [0.1, 0.15) is 5.56 Å². The van der Waals surface area contributed by atoms with Gasteiger partial charge in [-0.3, -0.25) is 0 Å². The van der Waals surface area contributed by atoms with Crippen molar-refractivity contribution in [3.8, 4) is 17.0 Å². The first-order valence-corrected chi connectivity index (χ1v) is 4.66. The van der Waals surface area contributed by atoms with Crippen LogP contribution in [-0.2, 0) is 0 Å². The fraction of sp³-hybridized carbons (Fsp3) is 0.182. The predicted octanol–water partition coefficient (Wildman–Crippen LogP) is 1.98. The molecule has 0 bridgehead atoms. The number of benzene rings is 1. The largest absolute Gasteiger partial charge is 0.496 e. The number of imidazole rings is 1. The number of nitrogens with one attached hydrogen (secondary N) is 1. The van der Waals surface area contributed by atoms with Crippen LogP contribution in [0.15, 0.2) is 24.5 Å². The van der Waals surface area contributed by atoms with E-state index in [1.807, 2.05) is 25.1 Å². The van der Waals surface area contributed by atoms with Crippen LogP contribution < -0.4 is 10.5 Å². The Kier molecular flexibility index (Phi) is 2.33. The number of rotatable bonds is 2. The molecule has 0 aliphatic carbocycles. The van der Waals surface area contributed by atoms with Crippen molar-refractivity contribution in [1.82, 2.24) is 9.97 Å². The van der Waals surface area contributed by atoms with Crippen LogP contribution in [-0.4, -0.2) is 17.1 Å². The van der Waals surface area contributed by atoms with Crippen LogP contribution in [0.4, 0.5) is 5.82 Å². The summed E-state index contributed by atoms with van der Waals surface area (Å²) in [6, 6.07) is 5.93. The van der Waals surface area contributed by atoms with Crippen molar-refractivity contribution < 1.29 is 4.74 Å². The lowest BCUT2D eigenvalue weighted by Crippen LogP contribution is -1.93. The summed E-state index contributed by atoms with van der Waals surface area (Å²) in [6.45, 7) is 2.02. The first-order chi connectivity index (χ1) is 7.22. The van der Waals surface area contributed by atoms with Gasteiger partial charge in [0.1, 0.15) is 11.6 Å². The maximum atomic E-state index is 5.75. The molecule has 1 heterocycles. The Morgan fingerprint density at radius 2 is 2.20 bits per heavy atom. The second-order valence-electron chi connectivity index (χ2n) is 3.37. The molecular formula is C11H13N3O. The zero-order valence-corrected chi connectivity index (χ0v) is 8.74. The number of methoxy groups -OCH3 is 1. The van der Waals surface area contributed by atoms with E-state index in [-0.39, 0.29) is 0 Å². The zero-order valence-electron chi connectivity index (χ0n) is 8.74. The molecule has 0 fully saturated rings. The molecule has 78 valence electrons. The second kappa shape index (κ2) is 3.65. The number of aryl methyl sites for hydroxylation is 1. The van der Waals surface area contributed by atoms with Gasteiger partial charge in [0.05, 0.1) is 19.1 Å². The number of anilines is 1. The van der Waals surface area contributed by atoms with Crippen LogP contribution in [0.5, 0.6) is 5.75 Å². The average Bonchev–Trinajstić information content (AvgIpc) is 2.64. The van der Waals surface area contributed by atoms with Gasteiger partial charge in [0, 0.05) is 5.56 Å². The Balaban J connectivity index is 2.60. The summed E-state index contributed by atoms with van der Waals surface area (Å²) in [4.78, 5) is 6.97. The van der Waals surface area contributed by atoms with Gasteiger partial charge in [-0.05, 0) is 19.1 Å². The summed E-state index contributed by atoms with van der Waals surface area (Å²) in [7, 11) is 1.64. The SMILES string of the molecule is COc1ccc(C)cc1-c1[nH]cnc1N. The molecule has 0 radical (unpaired) electrons. The van der Waals surface area contributed by atoms with Crippen LogP contribution in [0, 0.1) is 6.92 Å². The Bertz CT molecular complexity index is 476. The number of aromatic nitrogens is 2. The lowest BCUT2D eigenvalue weighted by atomic mass is 10.1. The van der Waals surface area contributed by atoms with E-state index in [9.17, 15) is 0 Å². The lowest BCUT2D eigenvalue weighted by molar-refractivity contribution is 0.416.